The van der Waals surface area contributed by atoms with Gasteiger partial charge in [0.1, 0.15) is 0 Å². The zero-order valence-electron chi connectivity index (χ0n) is 15.3. The molecule has 1 aromatic heterocycles. The van der Waals surface area contributed by atoms with Gasteiger partial charge in [0.05, 0.1) is 16.3 Å². The minimum absolute atomic E-state index is 0.00735. The molecule has 13 heteroatoms. The standard InChI is InChI=1S/C18H13ClF3N3O4S2/c19-13-10-12(16(26)29-31(23,27)28)6-7-14(13)25(17-24-8-9-30-17)15(18(20,21)22)11-4-2-1-3-5-11/h1-10,15H,(H2,23,27,28)/t15-/m1/s1. The molecule has 3 aromatic rings. The number of alkyl halides is 3. The highest BCUT2D eigenvalue weighted by molar-refractivity contribution is 7.84. The van der Waals surface area contributed by atoms with Crippen LogP contribution in [0.2, 0.25) is 5.02 Å². The lowest BCUT2D eigenvalue weighted by Gasteiger charge is -2.34. The van der Waals surface area contributed by atoms with Gasteiger partial charge in [-0.05, 0) is 23.8 Å². The van der Waals surface area contributed by atoms with Crippen molar-refractivity contribution >= 4 is 50.0 Å². The largest absolute Gasteiger partial charge is 0.413 e. The molecule has 0 aliphatic carbocycles. The molecular weight excluding hydrogens is 479 g/mol. The van der Waals surface area contributed by atoms with Crippen molar-refractivity contribution in [2.75, 3.05) is 4.90 Å². The quantitative estimate of drug-likeness (QED) is 0.540. The summed E-state index contributed by atoms with van der Waals surface area (Å²) in [6.07, 6.45) is -3.38. The summed E-state index contributed by atoms with van der Waals surface area (Å²) in [5.41, 5.74) is -0.473. The molecule has 0 aliphatic heterocycles. The van der Waals surface area contributed by atoms with Crippen LogP contribution in [0.25, 0.3) is 0 Å². The Balaban J connectivity index is 2.13. The number of thiazole rings is 1. The highest BCUT2D eigenvalue weighted by atomic mass is 35.5. The van der Waals surface area contributed by atoms with Gasteiger partial charge in [-0.2, -0.15) is 26.7 Å². The summed E-state index contributed by atoms with van der Waals surface area (Å²) in [5.74, 6) is -1.33. The minimum atomic E-state index is -4.72. The first-order chi connectivity index (χ1) is 14.5. The predicted octanol–water partition coefficient (Wildman–Crippen LogP) is 4.60. The maximum atomic E-state index is 14.2. The Morgan fingerprint density at radius 3 is 2.39 bits per heavy atom. The Morgan fingerprint density at radius 2 is 1.87 bits per heavy atom. The molecule has 164 valence electrons. The fourth-order valence-electron chi connectivity index (χ4n) is 2.79. The maximum Gasteiger partial charge on any atom is 0.413 e. The van der Waals surface area contributed by atoms with Crippen LogP contribution in [0.1, 0.15) is 22.0 Å². The van der Waals surface area contributed by atoms with E-state index in [0.29, 0.717) is 0 Å². The van der Waals surface area contributed by atoms with Crippen LogP contribution < -0.4 is 10.0 Å². The Morgan fingerprint density at radius 1 is 1.19 bits per heavy atom. The molecule has 0 amide bonds. The van der Waals surface area contributed by atoms with Crippen molar-refractivity contribution in [2.24, 2.45) is 5.14 Å². The summed E-state index contributed by atoms with van der Waals surface area (Å²) >= 11 is 7.18. The van der Waals surface area contributed by atoms with Crippen LogP contribution >= 0.6 is 22.9 Å². The number of carbonyl (C=O) groups excluding carboxylic acids is 1. The fourth-order valence-corrected chi connectivity index (χ4v) is 4.05. The Labute approximate surface area is 184 Å². The van der Waals surface area contributed by atoms with Gasteiger partial charge in [-0.15, -0.1) is 11.3 Å². The van der Waals surface area contributed by atoms with Crippen LogP contribution in [0.15, 0.2) is 60.1 Å². The molecule has 2 aromatic carbocycles. The van der Waals surface area contributed by atoms with Crippen molar-refractivity contribution < 1.29 is 30.6 Å². The number of halogens is 4. The van der Waals surface area contributed by atoms with E-state index in [1.165, 1.54) is 35.8 Å². The number of hydrogen-bond donors (Lipinski definition) is 1. The summed E-state index contributed by atoms with van der Waals surface area (Å²) in [6.45, 7) is 0. The van der Waals surface area contributed by atoms with Gasteiger partial charge in [-0.3, -0.25) is 4.90 Å². The molecule has 2 N–H and O–H groups in total. The number of nitrogens with two attached hydrogens (primary N) is 1. The Hall–Kier alpha value is -2.67. The van der Waals surface area contributed by atoms with Crippen molar-refractivity contribution in [3.8, 4) is 0 Å². The summed E-state index contributed by atoms with van der Waals surface area (Å²) in [4.78, 5) is 16.8. The van der Waals surface area contributed by atoms with E-state index >= 15 is 0 Å². The van der Waals surface area contributed by atoms with Crippen molar-refractivity contribution in [3.05, 3.63) is 76.3 Å². The number of rotatable bonds is 6. The third-order valence-electron chi connectivity index (χ3n) is 3.94. The molecule has 0 fully saturated rings. The molecule has 0 unspecified atom stereocenters. The summed E-state index contributed by atoms with van der Waals surface area (Å²) < 4.78 is 68.6. The van der Waals surface area contributed by atoms with Crippen LogP contribution in [0.3, 0.4) is 0 Å². The molecule has 3 rings (SSSR count). The van der Waals surface area contributed by atoms with E-state index in [2.05, 4.69) is 14.3 Å². The number of benzene rings is 2. The van der Waals surface area contributed by atoms with Crippen LogP contribution in [0.4, 0.5) is 24.0 Å². The second-order valence-electron chi connectivity index (χ2n) is 6.07. The van der Waals surface area contributed by atoms with Gasteiger partial charge in [-0.25, -0.2) is 9.78 Å². The van der Waals surface area contributed by atoms with Gasteiger partial charge < -0.3 is 4.18 Å². The second kappa shape index (κ2) is 8.83. The number of anilines is 2. The van der Waals surface area contributed by atoms with Crippen LogP contribution in [0.5, 0.6) is 0 Å². The SMILES string of the molecule is NS(=O)(=O)OC(=O)c1ccc(N(c2nccs2)[C@H](c2ccccc2)C(F)(F)F)c(Cl)c1. The third kappa shape index (κ3) is 5.53. The molecular formula is C18H13ClF3N3O4S2. The van der Waals surface area contributed by atoms with E-state index in [1.807, 2.05) is 0 Å². The summed E-state index contributed by atoms with van der Waals surface area (Å²) in [6, 6.07) is 8.25. The van der Waals surface area contributed by atoms with Crippen LogP contribution in [-0.2, 0) is 14.5 Å². The second-order valence-corrected chi connectivity index (χ2v) is 8.50. The first kappa shape index (κ1) is 23.0. The molecule has 31 heavy (non-hydrogen) atoms. The molecule has 7 nitrogen and oxygen atoms in total. The normalized spacial score (nSPS) is 12.9. The zero-order chi connectivity index (χ0) is 22.8. The van der Waals surface area contributed by atoms with E-state index in [0.717, 1.165) is 34.4 Å². The van der Waals surface area contributed by atoms with Gasteiger partial charge >= 0.3 is 22.4 Å². The van der Waals surface area contributed by atoms with Crippen molar-refractivity contribution in [2.45, 2.75) is 12.2 Å². The zero-order valence-corrected chi connectivity index (χ0v) is 17.7. The number of hydrogen-bond acceptors (Lipinski definition) is 7. The predicted molar refractivity (Wildman–Crippen MR) is 109 cm³/mol. The Bertz CT molecular complexity index is 1170. The lowest BCUT2D eigenvalue weighted by atomic mass is 10.0. The molecule has 0 bridgehead atoms. The molecule has 0 saturated carbocycles. The molecule has 0 radical (unpaired) electrons. The third-order valence-corrected chi connectivity index (χ3v) is 5.40. The van der Waals surface area contributed by atoms with Gasteiger partial charge in [-0.1, -0.05) is 41.9 Å². The fraction of sp³-hybridized carbons (Fsp3) is 0.111. The lowest BCUT2D eigenvalue weighted by Crippen LogP contribution is -2.35. The monoisotopic (exact) mass is 491 g/mol. The molecule has 0 saturated heterocycles. The first-order valence-electron chi connectivity index (χ1n) is 8.34. The van der Waals surface area contributed by atoms with E-state index in [4.69, 9.17) is 11.6 Å². The van der Waals surface area contributed by atoms with Crippen molar-refractivity contribution in [1.82, 2.24) is 4.98 Å². The number of nitrogens with zero attached hydrogens (tertiary/aromatic N) is 2. The van der Waals surface area contributed by atoms with Gasteiger partial charge in [0.25, 0.3) is 0 Å². The molecule has 1 atom stereocenters. The maximum absolute atomic E-state index is 14.2. The number of aromatic nitrogens is 1. The highest BCUT2D eigenvalue weighted by Gasteiger charge is 2.46. The molecule has 1 heterocycles. The lowest BCUT2D eigenvalue weighted by molar-refractivity contribution is -0.148. The smallest absolute Gasteiger partial charge is 0.330 e. The van der Waals surface area contributed by atoms with Gasteiger partial charge in [0, 0.05) is 11.6 Å². The van der Waals surface area contributed by atoms with Crippen molar-refractivity contribution in [1.29, 1.82) is 0 Å². The summed E-state index contributed by atoms with van der Waals surface area (Å²) in [7, 11) is -4.58. The van der Waals surface area contributed by atoms with Crippen molar-refractivity contribution in [3.63, 3.8) is 0 Å². The minimum Gasteiger partial charge on any atom is -0.330 e. The average molecular weight is 492 g/mol. The van der Waals surface area contributed by atoms with Gasteiger partial charge in [0.15, 0.2) is 11.2 Å². The highest BCUT2D eigenvalue weighted by Crippen LogP contribution is 2.47. The average Bonchev–Trinajstić information content (AvgIpc) is 3.19. The number of carbonyl (C=O) groups is 1. The van der Waals surface area contributed by atoms with Crippen LogP contribution in [-0.4, -0.2) is 25.5 Å². The Kier molecular flexibility index (Phi) is 6.55. The topological polar surface area (TPSA) is 103 Å². The summed E-state index contributed by atoms with van der Waals surface area (Å²) in [5, 5.41) is 5.92. The van der Waals surface area contributed by atoms with Gasteiger partial charge in [0.2, 0.25) is 0 Å². The van der Waals surface area contributed by atoms with E-state index < -0.39 is 28.5 Å². The molecule has 0 spiro atoms. The first-order valence-corrected chi connectivity index (χ1v) is 11.1. The van der Waals surface area contributed by atoms with E-state index in [-0.39, 0.29) is 27.0 Å². The van der Waals surface area contributed by atoms with E-state index in [9.17, 15) is 26.4 Å². The van der Waals surface area contributed by atoms with E-state index in [1.54, 1.807) is 6.07 Å². The molecule has 0 aliphatic rings. The van der Waals surface area contributed by atoms with Crippen LogP contribution in [0, 0.1) is 0 Å².